The van der Waals surface area contributed by atoms with E-state index in [0.29, 0.717) is 0 Å². The van der Waals surface area contributed by atoms with Crippen LogP contribution in [0.25, 0.3) is 11.3 Å². The summed E-state index contributed by atoms with van der Waals surface area (Å²) in [5.41, 5.74) is 3.76. The Bertz CT molecular complexity index is 627. The Balaban J connectivity index is 1.89. The van der Waals surface area contributed by atoms with E-state index in [-0.39, 0.29) is 11.8 Å². The molecule has 2 aromatic rings. The molecule has 1 aliphatic carbocycles. The number of nitrogens with zero attached hydrogens (tertiary/aromatic N) is 1. The van der Waals surface area contributed by atoms with Crippen LogP contribution in [0.2, 0.25) is 0 Å². The number of carbonyl (C=O) groups excluding carboxylic acids is 1. The van der Waals surface area contributed by atoms with E-state index in [1.165, 1.54) is 0 Å². The quantitative estimate of drug-likeness (QED) is 0.870. The molecule has 1 amide bonds. The first-order chi connectivity index (χ1) is 10.8. The number of hydrogen-bond acceptors (Lipinski definition) is 2. The Morgan fingerprint density at radius 1 is 1.27 bits per heavy atom. The lowest BCUT2D eigenvalue weighted by molar-refractivity contribution is -0.119. The maximum absolute atomic E-state index is 12.5. The number of aryl methyl sites for hydroxylation is 1. The third-order valence-electron chi connectivity index (χ3n) is 4.36. The second-order valence-electron chi connectivity index (χ2n) is 6.01. The largest absolute Gasteiger partial charge is 0.322 e. The highest BCUT2D eigenvalue weighted by Gasteiger charge is 2.25. The van der Waals surface area contributed by atoms with E-state index in [1.807, 2.05) is 30.3 Å². The number of nitrogens with one attached hydrogen (secondary N) is 2. The Morgan fingerprint density at radius 2 is 2.00 bits per heavy atom. The molecular weight excluding hydrogens is 274 g/mol. The van der Waals surface area contributed by atoms with Crippen molar-refractivity contribution in [2.75, 3.05) is 5.32 Å². The fourth-order valence-corrected chi connectivity index (χ4v) is 3.16. The van der Waals surface area contributed by atoms with Gasteiger partial charge in [0.25, 0.3) is 0 Å². The molecule has 2 N–H and O–H groups in total. The Hall–Kier alpha value is -2.10. The van der Waals surface area contributed by atoms with Crippen LogP contribution in [0, 0.1) is 5.92 Å². The molecule has 4 nitrogen and oxygen atoms in total. The predicted octanol–water partition coefficient (Wildman–Crippen LogP) is 4.16. The molecule has 0 atom stereocenters. The Labute approximate surface area is 131 Å². The molecule has 1 saturated carbocycles. The number of H-pyrrole nitrogens is 1. The van der Waals surface area contributed by atoms with Crippen LogP contribution < -0.4 is 5.32 Å². The number of aromatic nitrogens is 2. The van der Waals surface area contributed by atoms with Crippen LogP contribution in [0.5, 0.6) is 0 Å². The molecule has 0 aliphatic heterocycles. The van der Waals surface area contributed by atoms with Crippen LogP contribution in [0.4, 0.5) is 5.69 Å². The molecule has 1 aromatic heterocycles. The van der Waals surface area contributed by atoms with Gasteiger partial charge < -0.3 is 5.32 Å². The van der Waals surface area contributed by atoms with Crippen molar-refractivity contribution in [3.05, 3.63) is 36.0 Å². The molecule has 0 saturated heterocycles. The van der Waals surface area contributed by atoms with Crippen molar-refractivity contribution in [2.45, 2.75) is 45.4 Å². The molecular formula is C18H23N3O. The molecule has 0 radical (unpaired) electrons. The standard InChI is InChI=1S/C18H23N3O/c1-2-8-15-17(19-18(22)14-11-6-7-12-14)16(21-20-15)13-9-4-3-5-10-13/h3-5,9-10,14H,2,6-8,11-12H2,1H3,(H,19,22)(H,20,21). The average Bonchev–Trinajstić information content (AvgIpc) is 3.19. The number of rotatable bonds is 5. The van der Waals surface area contributed by atoms with Gasteiger partial charge in [-0.15, -0.1) is 0 Å². The zero-order chi connectivity index (χ0) is 15.4. The molecule has 1 heterocycles. The summed E-state index contributed by atoms with van der Waals surface area (Å²) in [4.78, 5) is 12.5. The number of carbonyl (C=O) groups is 1. The van der Waals surface area contributed by atoms with Crippen LogP contribution in [0.3, 0.4) is 0 Å². The fraction of sp³-hybridized carbons (Fsp3) is 0.444. The maximum Gasteiger partial charge on any atom is 0.227 e. The van der Waals surface area contributed by atoms with Gasteiger partial charge in [-0.3, -0.25) is 9.89 Å². The van der Waals surface area contributed by atoms with Gasteiger partial charge in [0, 0.05) is 11.5 Å². The first-order valence-corrected chi connectivity index (χ1v) is 8.23. The summed E-state index contributed by atoms with van der Waals surface area (Å²) in [6.45, 7) is 2.13. The highest BCUT2D eigenvalue weighted by molar-refractivity contribution is 5.97. The summed E-state index contributed by atoms with van der Waals surface area (Å²) in [6.07, 6.45) is 6.25. The molecule has 1 fully saturated rings. The van der Waals surface area contributed by atoms with E-state index in [0.717, 1.165) is 61.2 Å². The van der Waals surface area contributed by atoms with E-state index in [9.17, 15) is 4.79 Å². The Morgan fingerprint density at radius 3 is 2.68 bits per heavy atom. The van der Waals surface area contributed by atoms with Gasteiger partial charge in [0.05, 0.1) is 11.4 Å². The van der Waals surface area contributed by atoms with Gasteiger partial charge >= 0.3 is 0 Å². The van der Waals surface area contributed by atoms with Crippen molar-refractivity contribution in [3.8, 4) is 11.3 Å². The number of amides is 1. The number of anilines is 1. The van der Waals surface area contributed by atoms with Crippen molar-refractivity contribution in [3.63, 3.8) is 0 Å². The number of aromatic amines is 1. The lowest BCUT2D eigenvalue weighted by Gasteiger charge is -2.12. The van der Waals surface area contributed by atoms with E-state index in [1.54, 1.807) is 0 Å². The maximum atomic E-state index is 12.5. The lowest BCUT2D eigenvalue weighted by Crippen LogP contribution is -2.21. The number of hydrogen-bond donors (Lipinski definition) is 2. The van der Waals surface area contributed by atoms with E-state index in [2.05, 4.69) is 22.4 Å². The number of benzene rings is 1. The zero-order valence-electron chi connectivity index (χ0n) is 13.1. The summed E-state index contributed by atoms with van der Waals surface area (Å²) in [5, 5.41) is 10.7. The summed E-state index contributed by atoms with van der Waals surface area (Å²) >= 11 is 0. The van der Waals surface area contributed by atoms with Crippen LogP contribution in [-0.2, 0) is 11.2 Å². The van der Waals surface area contributed by atoms with E-state index < -0.39 is 0 Å². The van der Waals surface area contributed by atoms with Gasteiger partial charge in [0.1, 0.15) is 5.69 Å². The van der Waals surface area contributed by atoms with E-state index in [4.69, 9.17) is 0 Å². The van der Waals surface area contributed by atoms with Gasteiger partial charge in [-0.25, -0.2) is 0 Å². The molecule has 4 heteroatoms. The van der Waals surface area contributed by atoms with Gasteiger partial charge in [-0.1, -0.05) is 56.5 Å². The minimum absolute atomic E-state index is 0.147. The van der Waals surface area contributed by atoms with Crippen LogP contribution in [0.15, 0.2) is 30.3 Å². The van der Waals surface area contributed by atoms with Crippen LogP contribution in [-0.4, -0.2) is 16.1 Å². The monoisotopic (exact) mass is 297 g/mol. The average molecular weight is 297 g/mol. The van der Waals surface area contributed by atoms with Crippen molar-refractivity contribution in [1.82, 2.24) is 10.2 Å². The normalized spacial score (nSPS) is 15.1. The topological polar surface area (TPSA) is 57.8 Å². The SMILES string of the molecule is CCCc1[nH]nc(-c2ccccc2)c1NC(=O)C1CCCC1. The minimum atomic E-state index is 0.147. The first kappa shape index (κ1) is 14.8. The fourth-order valence-electron chi connectivity index (χ4n) is 3.16. The zero-order valence-corrected chi connectivity index (χ0v) is 13.1. The molecule has 0 bridgehead atoms. The highest BCUT2D eigenvalue weighted by Crippen LogP contribution is 2.32. The van der Waals surface area contributed by atoms with Gasteiger partial charge in [0.15, 0.2) is 0 Å². The first-order valence-electron chi connectivity index (χ1n) is 8.23. The molecule has 3 rings (SSSR count). The predicted molar refractivity (Wildman–Crippen MR) is 88.6 cm³/mol. The molecule has 116 valence electrons. The lowest BCUT2D eigenvalue weighted by atomic mass is 10.1. The third kappa shape index (κ3) is 3.06. The third-order valence-corrected chi connectivity index (χ3v) is 4.36. The minimum Gasteiger partial charge on any atom is -0.322 e. The molecule has 0 unspecified atom stereocenters. The molecule has 1 aliphatic rings. The summed E-state index contributed by atoms with van der Waals surface area (Å²) in [7, 11) is 0. The van der Waals surface area contributed by atoms with Crippen LogP contribution in [0.1, 0.15) is 44.7 Å². The van der Waals surface area contributed by atoms with Crippen molar-refractivity contribution in [2.24, 2.45) is 5.92 Å². The Kier molecular flexibility index (Phi) is 4.56. The second-order valence-corrected chi connectivity index (χ2v) is 6.01. The molecule has 0 spiro atoms. The summed E-state index contributed by atoms with van der Waals surface area (Å²) in [6, 6.07) is 10.0. The smallest absolute Gasteiger partial charge is 0.227 e. The van der Waals surface area contributed by atoms with Crippen molar-refractivity contribution in [1.29, 1.82) is 0 Å². The van der Waals surface area contributed by atoms with Gasteiger partial charge in [-0.2, -0.15) is 5.10 Å². The molecule has 1 aromatic carbocycles. The second kappa shape index (κ2) is 6.77. The van der Waals surface area contributed by atoms with Gasteiger partial charge in [-0.05, 0) is 19.3 Å². The highest BCUT2D eigenvalue weighted by atomic mass is 16.1. The van der Waals surface area contributed by atoms with Crippen molar-refractivity contribution >= 4 is 11.6 Å². The van der Waals surface area contributed by atoms with E-state index >= 15 is 0 Å². The van der Waals surface area contributed by atoms with Gasteiger partial charge in [0.2, 0.25) is 5.91 Å². The summed E-state index contributed by atoms with van der Waals surface area (Å²) in [5.74, 6) is 0.307. The summed E-state index contributed by atoms with van der Waals surface area (Å²) < 4.78 is 0. The van der Waals surface area contributed by atoms with Crippen molar-refractivity contribution < 1.29 is 4.79 Å². The van der Waals surface area contributed by atoms with Crippen LogP contribution >= 0.6 is 0 Å². The molecule has 22 heavy (non-hydrogen) atoms.